The van der Waals surface area contributed by atoms with Crippen molar-refractivity contribution in [2.24, 2.45) is 0 Å². The molecule has 2 aromatic carbocycles. The van der Waals surface area contributed by atoms with Crippen LogP contribution in [0, 0.1) is 6.07 Å². The minimum atomic E-state index is -4.66. The van der Waals surface area contributed by atoms with Crippen molar-refractivity contribution in [3.8, 4) is 5.75 Å². The second-order valence-corrected chi connectivity index (χ2v) is 5.90. The Labute approximate surface area is 189 Å². The molecule has 0 unspecified atom stereocenters. The molecule has 13 heteroatoms. The van der Waals surface area contributed by atoms with Crippen LogP contribution in [0.15, 0.2) is 29.2 Å². The normalized spacial score (nSPS) is 9.68. The first kappa shape index (κ1) is 26.7. The van der Waals surface area contributed by atoms with Crippen molar-refractivity contribution >= 4 is 43.1 Å². The van der Waals surface area contributed by atoms with Crippen LogP contribution in [0.3, 0.4) is 0 Å². The van der Waals surface area contributed by atoms with Crippen LogP contribution in [0.4, 0.5) is 5.69 Å². The number of phenolic OH excluding ortho intramolecular Hbond substituents is 1. The Kier molecular flexibility index (Phi) is 12.0. The average Bonchev–Trinajstić information content (AvgIpc) is 2.35. The minimum absolute atomic E-state index is 0. The largest absolute Gasteiger partial charge is 1.00 e. The quantitative estimate of drug-likeness (QED) is 0.284. The Morgan fingerprint density at radius 1 is 1.20 bits per heavy atom. The van der Waals surface area contributed by atoms with E-state index in [-0.39, 0.29) is 76.1 Å². The number of benzene rings is 2. The predicted molar refractivity (Wildman–Crippen MR) is 76.4 cm³/mol. The summed E-state index contributed by atoms with van der Waals surface area (Å²) in [5.41, 5.74) is 0.289. The molecular weight excluding hydrogens is 396 g/mol. The van der Waals surface area contributed by atoms with Gasteiger partial charge in [0.2, 0.25) is 5.91 Å². The van der Waals surface area contributed by atoms with E-state index in [9.17, 15) is 22.9 Å². The van der Waals surface area contributed by atoms with Gasteiger partial charge in [-0.15, -0.1) is 18.0 Å². The number of nitrogens with one attached hydrogen (secondary N) is 1. The molecule has 0 aliphatic heterocycles. The summed E-state index contributed by atoms with van der Waals surface area (Å²) in [6.45, 7) is 1.30. The molecule has 1 amide bonds. The number of aromatic hydroxyl groups is 1. The number of anilines is 1. The fourth-order valence-electron chi connectivity index (χ4n) is 1.75. The van der Waals surface area contributed by atoms with E-state index in [1.165, 1.54) is 19.1 Å². The third-order valence-corrected chi connectivity index (χ3v) is 3.27. The van der Waals surface area contributed by atoms with Crippen molar-refractivity contribution in [2.45, 2.75) is 11.8 Å². The van der Waals surface area contributed by atoms with Gasteiger partial charge in [-0.2, -0.15) is 18.2 Å². The van der Waals surface area contributed by atoms with E-state index in [1.54, 1.807) is 0 Å². The van der Waals surface area contributed by atoms with Gasteiger partial charge in [0.15, 0.2) is 0 Å². The van der Waals surface area contributed by atoms with Gasteiger partial charge >= 0.3 is 69.7 Å². The number of phenols is 1. The average molecular weight is 405 g/mol. The van der Waals surface area contributed by atoms with Gasteiger partial charge in [-0.25, -0.2) is 8.42 Å². The summed E-state index contributed by atoms with van der Waals surface area (Å²) in [7, 11) is -7.78. The van der Waals surface area contributed by atoms with Gasteiger partial charge in [0.1, 0.15) is 15.9 Å². The third-order valence-electron chi connectivity index (χ3n) is 2.46. The number of fused-ring (bicyclic) bond motifs is 1. The first-order chi connectivity index (χ1) is 10.5. The fraction of sp³-hybridized carbons (Fsp3) is 0.0833. The minimum Gasteiger partial charge on any atom is -0.744 e. The van der Waals surface area contributed by atoms with Gasteiger partial charge in [0.05, 0.1) is 0 Å². The van der Waals surface area contributed by atoms with E-state index >= 15 is 0 Å². The standard InChI is InChI=1S/C12H10NO5S.2Na.O3S/c1-7(14)13-10-4-2-3-8-5-9(19(16,17)18)6-11(15)12(8)10;;;1-4(2)3/h3-6,15H,1H3,(H,13,14)(H,16,17,18);;;/q-1;2*+1;/p-1. The molecule has 2 rings (SSSR count). The van der Waals surface area contributed by atoms with E-state index < -0.39 is 31.4 Å². The summed E-state index contributed by atoms with van der Waals surface area (Å²) in [6.07, 6.45) is 0. The second-order valence-electron chi connectivity index (χ2n) is 4.12. The summed E-state index contributed by atoms with van der Waals surface area (Å²) < 4.78 is 58.2. The van der Waals surface area contributed by atoms with Crippen molar-refractivity contribution in [1.82, 2.24) is 0 Å². The van der Waals surface area contributed by atoms with E-state index in [1.807, 2.05) is 0 Å². The molecule has 0 fully saturated rings. The molecule has 0 bridgehead atoms. The molecule has 2 aromatic rings. The number of amides is 1. The van der Waals surface area contributed by atoms with Crippen LogP contribution in [0.1, 0.15) is 6.92 Å². The van der Waals surface area contributed by atoms with Gasteiger partial charge in [-0.05, 0) is 6.07 Å². The Bertz CT molecular complexity index is 968. The van der Waals surface area contributed by atoms with E-state index in [0.29, 0.717) is 5.39 Å². The van der Waals surface area contributed by atoms with Gasteiger partial charge in [-0.3, -0.25) is 4.79 Å². The Balaban J connectivity index is 0. The number of carbonyl (C=O) groups excluding carboxylic acids is 1. The summed E-state index contributed by atoms with van der Waals surface area (Å²) in [6, 6.07) is 7.52. The summed E-state index contributed by atoms with van der Waals surface area (Å²) >= 11 is 0. The van der Waals surface area contributed by atoms with Crippen molar-refractivity contribution in [1.29, 1.82) is 0 Å². The molecule has 0 aliphatic rings. The second kappa shape index (κ2) is 11.3. The zero-order valence-electron chi connectivity index (χ0n) is 13.4. The first-order valence-electron chi connectivity index (χ1n) is 5.69. The maximum Gasteiger partial charge on any atom is 1.00 e. The molecule has 0 heterocycles. The van der Waals surface area contributed by atoms with E-state index in [2.05, 4.69) is 11.4 Å². The van der Waals surface area contributed by atoms with E-state index in [0.717, 1.165) is 12.1 Å². The van der Waals surface area contributed by atoms with Gasteiger partial charge < -0.3 is 15.0 Å². The molecule has 0 spiro atoms. The summed E-state index contributed by atoms with van der Waals surface area (Å²) in [5, 5.41) is 12.9. The first-order valence-corrected chi connectivity index (χ1v) is 8.10. The monoisotopic (exact) mass is 405 g/mol. The topological polar surface area (TPSA) is 158 Å². The van der Waals surface area contributed by atoms with Crippen LogP contribution in [-0.4, -0.2) is 36.6 Å². The van der Waals surface area contributed by atoms with Gasteiger partial charge in [-0.1, -0.05) is 17.1 Å². The SMILES string of the molecule is CC(=O)Nc1c[c-]cc2cc(S(=O)(=O)[O-])cc(O)c12.O=S(=O)=O.[Na+].[Na+]. The molecular formula is C12H9NNa2O8S2. The molecule has 0 aliphatic carbocycles. The maximum atomic E-state index is 11.0. The van der Waals surface area contributed by atoms with Gasteiger partial charge in [0, 0.05) is 11.8 Å². The molecule has 124 valence electrons. The fourth-order valence-corrected chi connectivity index (χ4v) is 2.28. The van der Waals surface area contributed by atoms with Crippen molar-refractivity contribution in [3.05, 3.63) is 30.3 Å². The molecule has 0 saturated heterocycles. The number of hydrogen-bond acceptors (Lipinski definition) is 8. The Hall–Kier alpha value is -0.500. The molecule has 0 radical (unpaired) electrons. The Morgan fingerprint density at radius 3 is 2.16 bits per heavy atom. The number of rotatable bonds is 2. The molecule has 25 heavy (non-hydrogen) atoms. The molecule has 9 nitrogen and oxygen atoms in total. The zero-order valence-corrected chi connectivity index (χ0v) is 19.1. The van der Waals surface area contributed by atoms with Crippen LogP contribution in [0.25, 0.3) is 10.8 Å². The number of carbonyl (C=O) groups is 1. The summed E-state index contributed by atoms with van der Waals surface area (Å²) in [4.78, 5) is 10.5. The maximum absolute atomic E-state index is 11.0. The van der Waals surface area contributed by atoms with Crippen LogP contribution >= 0.6 is 0 Å². The smallest absolute Gasteiger partial charge is 0.744 e. The van der Waals surface area contributed by atoms with Crippen LogP contribution in [-0.2, 0) is 25.5 Å². The van der Waals surface area contributed by atoms with Crippen molar-refractivity contribution in [2.75, 3.05) is 5.32 Å². The molecule has 0 aromatic heterocycles. The zero-order chi connectivity index (χ0) is 17.8. The molecule has 0 atom stereocenters. The van der Waals surface area contributed by atoms with Crippen LogP contribution in [0.2, 0.25) is 0 Å². The van der Waals surface area contributed by atoms with E-state index in [4.69, 9.17) is 12.6 Å². The van der Waals surface area contributed by atoms with Crippen LogP contribution < -0.4 is 64.4 Å². The molecule has 2 N–H and O–H groups in total. The third kappa shape index (κ3) is 8.62. The van der Waals surface area contributed by atoms with Gasteiger partial charge in [0.25, 0.3) is 0 Å². The predicted octanol–water partition coefficient (Wildman–Crippen LogP) is -5.79. The molecule has 0 saturated carbocycles. The van der Waals surface area contributed by atoms with Crippen molar-refractivity contribution in [3.63, 3.8) is 0 Å². The summed E-state index contributed by atoms with van der Waals surface area (Å²) in [5.74, 6) is -0.745. The number of hydrogen-bond donors (Lipinski definition) is 2. The Morgan fingerprint density at radius 2 is 1.72 bits per heavy atom. The van der Waals surface area contributed by atoms with Crippen molar-refractivity contribution < 1.29 is 94.6 Å². The van der Waals surface area contributed by atoms with Crippen LogP contribution in [0.5, 0.6) is 5.75 Å².